The van der Waals surface area contributed by atoms with E-state index in [1.54, 1.807) is 0 Å². The molecule has 1 fully saturated rings. The molecule has 1 aromatic heterocycles. The Morgan fingerprint density at radius 3 is 2.88 bits per heavy atom. The van der Waals surface area contributed by atoms with Gasteiger partial charge >= 0.3 is 0 Å². The molecule has 2 unspecified atom stereocenters. The Morgan fingerprint density at radius 2 is 2.24 bits per heavy atom. The summed E-state index contributed by atoms with van der Waals surface area (Å²) in [6, 6.07) is 2.87. The van der Waals surface area contributed by atoms with Crippen LogP contribution in [0.2, 0.25) is 0 Å². The van der Waals surface area contributed by atoms with Crippen LogP contribution in [0.25, 0.3) is 0 Å². The van der Waals surface area contributed by atoms with E-state index in [-0.39, 0.29) is 0 Å². The lowest BCUT2D eigenvalue weighted by Crippen LogP contribution is -2.35. The van der Waals surface area contributed by atoms with Crippen molar-refractivity contribution in [2.24, 2.45) is 5.92 Å². The van der Waals surface area contributed by atoms with Crippen LogP contribution in [0.5, 0.6) is 0 Å². The zero-order valence-electron chi connectivity index (χ0n) is 11.4. The van der Waals surface area contributed by atoms with Crippen LogP contribution in [0.1, 0.15) is 44.0 Å². The lowest BCUT2D eigenvalue weighted by Gasteiger charge is -2.27. The van der Waals surface area contributed by atoms with Crippen molar-refractivity contribution >= 4 is 0 Å². The Kier molecular flexibility index (Phi) is 4.21. The van der Waals surface area contributed by atoms with Crippen LogP contribution in [-0.2, 0) is 6.54 Å². The third kappa shape index (κ3) is 3.56. The summed E-state index contributed by atoms with van der Waals surface area (Å²) >= 11 is 0. The standard InChI is InChI=1S/C14H25N3/c1-11-5-4-6-14(9-11)15-7-8-17-13(3)10-12(2)16-17/h10-11,14-15H,4-9H2,1-3H3. The van der Waals surface area contributed by atoms with E-state index in [2.05, 4.69) is 41.9 Å². The molecule has 3 heteroatoms. The van der Waals surface area contributed by atoms with Crippen LogP contribution >= 0.6 is 0 Å². The molecule has 0 radical (unpaired) electrons. The molecule has 1 aromatic rings. The molecule has 1 N–H and O–H groups in total. The molecule has 0 aromatic carbocycles. The summed E-state index contributed by atoms with van der Waals surface area (Å²) in [6.07, 6.45) is 5.49. The highest BCUT2D eigenvalue weighted by Crippen LogP contribution is 2.23. The van der Waals surface area contributed by atoms with E-state index in [4.69, 9.17) is 0 Å². The van der Waals surface area contributed by atoms with Gasteiger partial charge < -0.3 is 5.32 Å². The van der Waals surface area contributed by atoms with Gasteiger partial charge in [-0.1, -0.05) is 19.8 Å². The van der Waals surface area contributed by atoms with E-state index in [9.17, 15) is 0 Å². The third-order valence-corrected chi connectivity index (χ3v) is 3.80. The molecule has 0 amide bonds. The summed E-state index contributed by atoms with van der Waals surface area (Å²) in [5.41, 5.74) is 2.38. The number of aromatic nitrogens is 2. The highest BCUT2D eigenvalue weighted by molar-refractivity contribution is 5.06. The van der Waals surface area contributed by atoms with Crippen LogP contribution in [0.4, 0.5) is 0 Å². The van der Waals surface area contributed by atoms with Crippen LogP contribution in [0.15, 0.2) is 6.07 Å². The fourth-order valence-electron chi connectivity index (χ4n) is 2.90. The zero-order chi connectivity index (χ0) is 12.3. The minimum absolute atomic E-state index is 0.732. The normalized spacial score (nSPS) is 25.1. The fraction of sp³-hybridized carbons (Fsp3) is 0.786. The minimum atomic E-state index is 0.732. The first-order valence-electron chi connectivity index (χ1n) is 6.89. The Hall–Kier alpha value is -0.830. The first-order chi connectivity index (χ1) is 8.15. The zero-order valence-corrected chi connectivity index (χ0v) is 11.4. The van der Waals surface area contributed by atoms with E-state index in [1.165, 1.54) is 31.4 Å². The first-order valence-corrected chi connectivity index (χ1v) is 6.89. The molecule has 1 aliphatic carbocycles. The van der Waals surface area contributed by atoms with Crippen molar-refractivity contribution in [3.05, 3.63) is 17.5 Å². The van der Waals surface area contributed by atoms with E-state index < -0.39 is 0 Å². The van der Waals surface area contributed by atoms with Gasteiger partial charge in [-0.2, -0.15) is 5.10 Å². The van der Waals surface area contributed by atoms with E-state index in [0.717, 1.165) is 30.7 Å². The van der Waals surface area contributed by atoms with Crippen LogP contribution in [0.3, 0.4) is 0 Å². The van der Waals surface area contributed by atoms with Crippen LogP contribution < -0.4 is 5.32 Å². The Balaban J connectivity index is 1.74. The van der Waals surface area contributed by atoms with Gasteiger partial charge in [-0.05, 0) is 38.7 Å². The molecule has 96 valence electrons. The lowest BCUT2D eigenvalue weighted by molar-refractivity contribution is 0.298. The molecular weight excluding hydrogens is 210 g/mol. The predicted molar refractivity (Wildman–Crippen MR) is 71.1 cm³/mol. The van der Waals surface area contributed by atoms with E-state index in [1.807, 2.05) is 0 Å². The van der Waals surface area contributed by atoms with Gasteiger partial charge in [-0.15, -0.1) is 0 Å². The highest BCUT2D eigenvalue weighted by Gasteiger charge is 2.17. The molecule has 2 rings (SSSR count). The second kappa shape index (κ2) is 5.67. The Morgan fingerprint density at radius 1 is 1.41 bits per heavy atom. The fourth-order valence-corrected chi connectivity index (χ4v) is 2.90. The first kappa shape index (κ1) is 12.6. The number of aryl methyl sites for hydroxylation is 2. The Labute approximate surface area is 105 Å². The van der Waals surface area contributed by atoms with Gasteiger partial charge in [0.05, 0.1) is 12.2 Å². The van der Waals surface area contributed by atoms with Crippen molar-refractivity contribution in [1.29, 1.82) is 0 Å². The van der Waals surface area contributed by atoms with Crippen LogP contribution in [0, 0.1) is 19.8 Å². The number of hydrogen-bond acceptors (Lipinski definition) is 2. The van der Waals surface area contributed by atoms with Crippen molar-refractivity contribution in [1.82, 2.24) is 15.1 Å². The quantitative estimate of drug-likeness (QED) is 0.869. The molecule has 3 nitrogen and oxygen atoms in total. The molecule has 0 aliphatic heterocycles. The monoisotopic (exact) mass is 235 g/mol. The number of hydrogen-bond donors (Lipinski definition) is 1. The molecule has 0 bridgehead atoms. The Bertz CT molecular complexity index is 356. The van der Waals surface area contributed by atoms with Crippen molar-refractivity contribution in [3.8, 4) is 0 Å². The second-order valence-electron chi connectivity index (χ2n) is 5.57. The number of nitrogens with one attached hydrogen (secondary N) is 1. The van der Waals surface area contributed by atoms with Gasteiger partial charge in [-0.3, -0.25) is 4.68 Å². The summed E-state index contributed by atoms with van der Waals surface area (Å²) in [4.78, 5) is 0. The van der Waals surface area contributed by atoms with Gasteiger partial charge in [0.2, 0.25) is 0 Å². The van der Waals surface area contributed by atoms with Gasteiger partial charge in [0.1, 0.15) is 0 Å². The molecule has 1 aliphatic rings. The topological polar surface area (TPSA) is 29.9 Å². The molecule has 2 atom stereocenters. The smallest absolute Gasteiger partial charge is 0.0596 e. The molecule has 17 heavy (non-hydrogen) atoms. The van der Waals surface area contributed by atoms with Crippen molar-refractivity contribution in [2.45, 2.75) is 59.0 Å². The molecule has 0 saturated heterocycles. The van der Waals surface area contributed by atoms with Crippen molar-refractivity contribution in [3.63, 3.8) is 0 Å². The van der Waals surface area contributed by atoms with Crippen LogP contribution in [-0.4, -0.2) is 22.4 Å². The highest BCUT2D eigenvalue weighted by atomic mass is 15.3. The van der Waals surface area contributed by atoms with Gasteiger partial charge in [0, 0.05) is 18.3 Å². The number of nitrogens with zero attached hydrogens (tertiary/aromatic N) is 2. The summed E-state index contributed by atoms with van der Waals surface area (Å²) in [7, 11) is 0. The summed E-state index contributed by atoms with van der Waals surface area (Å²) in [5, 5.41) is 8.16. The summed E-state index contributed by atoms with van der Waals surface area (Å²) in [5.74, 6) is 0.898. The van der Waals surface area contributed by atoms with E-state index in [0.29, 0.717) is 0 Å². The molecule has 1 saturated carbocycles. The number of rotatable bonds is 4. The minimum Gasteiger partial charge on any atom is -0.312 e. The third-order valence-electron chi connectivity index (χ3n) is 3.80. The van der Waals surface area contributed by atoms with Gasteiger partial charge in [0.15, 0.2) is 0 Å². The molecular formula is C14H25N3. The second-order valence-corrected chi connectivity index (χ2v) is 5.57. The van der Waals surface area contributed by atoms with E-state index >= 15 is 0 Å². The lowest BCUT2D eigenvalue weighted by atomic mass is 9.87. The predicted octanol–water partition coefficient (Wildman–Crippen LogP) is 2.67. The van der Waals surface area contributed by atoms with Gasteiger partial charge in [0.25, 0.3) is 0 Å². The summed E-state index contributed by atoms with van der Waals surface area (Å²) < 4.78 is 2.11. The average molecular weight is 235 g/mol. The van der Waals surface area contributed by atoms with Gasteiger partial charge in [-0.25, -0.2) is 0 Å². The SMILES string of the molecule is Cc1cc(C)n(CCNC2CCCC(C)C2)n1. The maximum Gasteiger partial charge on any atom is 0.0596 e. The van der Waals surface area contributed by atoms with Crippen molar-refractivity contribution < 1.29 is 0 Å². The largest absolute Gasteiger partial charge is 0.312 e. The molecule has 0 spiro atoms. The maximum atomic E-state index is 4.48. The maximum absolute atomic E-state index is 4.48. The van der Waals surface area contributed by atoms with Crippen molar-refractivity contribution in [2.75, 3.05) is 6.54 Å². The molecule has 1 heterocycles. The summed E-state index contributed by atoms with van der Waals surface area (Å²) in [6.45, 7) is 8.58. The average Bonchev–Trinajstić information content (AvgIpc) is 2.58.